The molecule has 0 aliphatic carbocycles. The molecule has 0 aliphatic heterocycles. The molecule has 0 atom stereocenters. The van der Waals surface area contributed by atoms with Crippen LogP contribution in [0.4, 0.5) is 17.1 Å². The molecular weight excluding hydrogens is 510 g/mol. The Balaban J connectivity index is 1.29. The molecule has 0 unspecified atom stereocenters. The van der Waals surface area contributed by atoms with Crippen LogP contribution in [0.1, 0.15) is 0 Å². The minimum Gasteiger partial charge on any atom is -0.455 e. The number of nitrogens with zero attached hydrogens (tertiary/aromatic N) is 1. The van der Waals surface area contributed by atoms with Gasteiger partial charge in [0.25, 0.3) is 0 Å². The van der Waals surface area contributed by atoms with E-state index in [4.69, 9.17) is 4.42 Å². The molecule has 42 heavy (non-hydrogen) atoms. The maximum atomic E-state index is 6.51. The number of furan rings is 1. The molecule has 0 radical (unpaired) electrons. The molecule has 0 aliphatic rings. The molecule has 8 rings (SSSR count). The Labute approximate surface area is 244 Å². The highest BCUT2D eigenvalue weighted by atomic mass is 16.3. The lowest BCUT2D eigenvalue weighted by molar-refractivity contribution is 0.670. The molecule has 2 nitrogen and oxygen atoms in total. The summed E-state index contributed by atoms with van der Waals surface area (Å²) in [6.07, 6.45) is 0. The Kier molecular flexibility index (Phi) is 5.82. The molecule has 7 aromatic carbocycles. The monoisotopic (exact) mass is 537 g/mol. The Bertz CT molecular complexity index is 2140. The molecule has 0 amide bonds. The molecule has 8 aromatic rings. The number of anilines is 3. The van der Waals surface area contributed by atoms with Gasteiger partial charge in [-0.15, -0.1) is 0 Å². The van der Waals surface area contributed by atoms with Gasteiger partial charge in [-0.05, 0) is 88.1 Å². The van der Waals surface area contributed by atoms with Gasteiger partial charge in [0.15, 0.2) is 0 Å². The summed E-state index contributed by atoms with van der Waals surface area (Å²) in [4.78, 5) is 2.28. The third kappa shape index (κ3) is 4.22. The van der Waals surface area contributed by atoms with Crippen LogP contribution in [0.2, 0.25) is 0 Å². The second-order valence-electron chi connectivity index (χ2n) is 10.6. The lowest BCUT2D eigenvalue weighted by Crippen LogP contribution is -2.09. The van der Waals surface area contributed by atoms with Crippen molar-refractivity contribution in [3.63, 3.8) is 0 Å². The lowest BCUT2D eigenvalue weighted by Gasteiger charge is -2.25. The van der Waals surface area contributed by atoms with Crippen LogP contribution in [-0.4, -0.2) is 0 Å². The third-order valence-electron chi connectivity index (χ3n) is 8.03. The smallest absolute Gasteiger partial charge is 0.143 e. The first kappa shape index (κ1) is 24.2. The predicted molar refractivity (Wildman–Crippen MR) is 177 cm³/mol. The highest BCUT2D eigenvalue weighted by molar-refractivity contribution is 6.11. The molecule has 0 spiro atoms. The Morgan fingerprint density at radius 2 is 0.976 bits per heavy atom. The maximum absolute atomic E-state index is 6.51. The van der Waals surface area contributed by atoms with Gasteiger partial charge < -0.3 is 9.32 Å². The van der Waals surface area contributed by atoms with Crippen molar-refractivity contribution >= 4 is 49.8 Å². The highest BCUT2D eigenvalue weighted by Gasteiger charge is 2.17. The molecule has 198 valence electrons. The summed E-state index contributed by atoms with van der Waals surface area (Å²) in [5.41, 5.74) is 9.73. The zero-order valence-electron chi connectivity index (χ0n) is 22.9. The number of benzene rings is 7. The standard InChI is InChI=1S/C40H27NO/c1-3-13-33(14-4-1)41(34-15-5-2-6-16-34)35-23-21-29(22-24-35)37-26-32(31-20-19-28-11-7-8-12-30(28)25-31)27-38-36-17-9-10-18-39(36)42-40(37)38/h1-27H. The van der Waals surface area contributed by atoms with E-state index in [0.29, 0.717) is 0 Å². The van der Waals surface area contributed by atoms with Crippen LogP contribution in [0.25, 0.3) is 55.0 Å². The SMILES string of the molecule is c1ccc(N(c2ccccc2)c2ccc(-c3cc(-c4ccc5ccccc5c4)cc4c3oc3ccccc34)cc2)cc1. The first-order chi connectivity index (χ1) is 20.8. The van der Waals surface area contributed by atoms with Gasteiger partial charge in [-0.25, -0.2) is 0 Å². The molecule has 0 bridgehead atoms. The Morgan fingerprint density at radius 3 is 1.71 bits per heavy atom. The van der Waals surface area contributed by atoms with E-state index in [1.54, 1.807) is 0 Å². The first-order valence-electron chi connectivity index (χ1n) is 14.3. The number of hydrogen-bond donors (Lipinski definition) is 0. The largest absolute Gasteiger partial charge is 0.455 e. The predicted octanol–water partition coefficient (Wildman–Crippen LogP) is 11.5. The van der Waals surface area contributed by atoms with Crippen LogP contribution < -0.4 is 4.90 Å². The van der Waals surface area contributed by atoms with Gasteiger partial charge in [0, 0.05) is 33.4 Å². The molecule has 0 saturated carbocycles. The van der Waals surface area contributed by atoms with Crippen LogP contribution in [0.3, 0.4) is 0 Å². The average Bonchev–Trinajstić information content (AvgIpc) is 3.44. The van der Waals surface area contributed by atoms with E-state index in [-0.39, 0.29) is 0 Å². The summed E-state index contributed by atoms with van der Waals surface area (Å²) < 4.78 is 6.51. The van der Waals surface area contributed by atoms with Gasteiger partial charge in [-0.3, -0.25) is 0 Å². The summed E-state index contributed by atoms with van der Waals surface area (Å²) in [7, 11) is 0. The molecular formula is C40H27NO. The fraction of sp³-hybridized carbons (Fsp3) is 0. The van der Waals surface area contributed by atoms with Crippen molar-refractivity contribution in [1.82, 2.24) is 0 Å². The quantitative estimate of drug-likeness (QED) is 0.217. The van der Waals surface area contributed by atoms with Gasteiger partial charge in [0.1, 0.15) is 11.2 Å². The summed E-state index contributed by atoms with van der Waals surface area (Å²) in [6.45, 7) is 0. The van der Waals surface area contributed by atoms with Gasteiger partial charge in [-0.1, -0.05) is 103 Å². The van der Waals surface area contributed by atoms with Crippen LogP contribution >= 0.6 is 0 Å². The summed E-state index contributed by atoms with van der Waals surface area (Å²) >= 11 is 0. The summed E-state index contributed by atoms with van der Waals surface area (Å²) in [6, 6.07) is 57.9. The average molecular weight is 538 g/mol. The van der Waals surface area contributed by atoms with Crippen molar-refractivity contribution in [1.29, 1.82) is 0 Å². The normalized spacial score (nSPS) is 11.3. The van der Waals surface area contributed by atoms with Crippen molar-refractivity contribution in [2.24, 2.45) is 0 Å². The molecule has 2 heteroatoms. The van der Waals surface area contributed by atoms with Crippen LogP contribution in [0.5, 0.6) is 0 Å². The van der Waals surface area contributed by atoms with E-state index in [1.165, 1.54) is 21.9 Å². The molecule has 1 aromatic heterocycles. The van der Waals surface area contributed by atoms with Gasteiger partial charge in [0.05, 0.1) is 0 Å². The summed E-state index contributed by atoms with van der Waals surface area (Å²) in [5, 5.41) is 4.74. The number of hydrogen-bond acceptors (Lipinski definition) is 2. The first-order valence-corrected chi connectivity index (χ1v) is 14.3. The molecule has 0 saturated heterocycles. The molecule has 1 heterocycles. The van der Waals surface area contributed by atoms with E-state index in [9.17, 15) is 0 Å². The Morgan fingerprint density at radius 1 is 0.381 bits per heavy atom. The Hall–Kier alpha value is -5.60. The van der Waals surface area contributed by atoms with E-state index in [0.717, 1.165) is 50.1 Å². The zero-order chi connectivity index (χ0) is 27.9. The van der Waals surface area contributed by atoms with E-state index < -0.39 is 0 Å². The highest BCUT2D eigenvalue weighted by Crippen LogP contribution is 2.41. The number of fused-ring (bicyclic) bond motifs is 4. The maximum Gasteiger partial charge on any atom is 0.143 e. The van der Waals surface area contributed by atoms with Crippen molar-refractivity contribution in [3.05, 3.63) is 164 Å². The number of rotatable bonds is 5. The van der Waals surface area contributed by atoms with E-state index in [2.05, 4.69) is 163 Å². The van der Waals surface area contributed by atoms with Gasteiger partial charge in [0.2, 0.25) is 0 Å². The van der Waals surface area contributed by atoms with E-state index in [1.807, 2.05) is 6.07 Å². The second kappa shape index (κ2) is 10.1. The zero-order valence-corrected chi connectivity index (χ0v) is 22.9. The third-order valence-corrected chi connectivity index (χ3v) is 8.03. The van der Waals surface area contributed by atoms with Crippen molar-refractivity contribution in [2.45, 2.75) is 0 Å². The fourth-order valence-corrected chi connectivity index (χ4v) is 5.97. The van der Waals surface area contributed by atoms with Crippen LogP contribution in [-0.2, 0) is 0 Å². The summed E-state index contributed by atoms with van der Waals surface area (Å²) in [5.74, 6) is 0. The molecule has 0 fully saturated rings. The van der Waals surface area contributed by atoms with Crippen molar-refractivity contribution in [2.75, 3.05) is 4.90 Å². The van der Waals surface area contributed by atoms with Gasteiger partial charge in [-0.2, -0.15) is 0 Å². The molecule has 0 N–H and O–H groups in total. The second-order valence-corrected chi connectivity index (χ2v) is 10.6. The van der Waals surface area contributed by atoms with Crippen LogP contribution in [0, 0.1) is 0 Å². The topological polar surface area (TPSA) is 16.4 Å². The van der Waals surface area contributed by atoms with E-state index >= 15 is 0 Å². The number of para-hydroxylation sites is 3. The van der Waals surface area contributed by atoms with Crippen molar-refractivity contribution < 1.29 is 4.42 Å². The fourth-order valence-electron chi connectivity index (χ4n) is 5.97. The minimum atomic E-state index is 0.903. The lowest BCUT2D eigenvalue weighted by atomic mass is 9.94. The minimum absolute atomic E-state index is 0.903. The van der Waals surface area contributed by atoms with Crippen molar-refractivity contribution in [3.8, 4) is 22.3 Å². The van der Waals surface area contributed by atoms with Gasteiger partial charge >= 0.3 is 0 Å². The van der Waals surface area contributed by atoms with Crippen LogP contribution in [0.15, 0.2) is 168 Å².